The summed E-state index contributed by atoms with van der Waals surface area (Å²) in [4.78, 5) is 27.4. The van der Waals surface area contributed by atoms with E-state index < -0.39 is 33.1 Å². The number of rotatable bonds is 7. The van der Waals surface area contributed by atoms with Crippen LogP contribution in [0.1, 0.15) is 43.7 Å². The monoisotopic (exact) mass is 443 g/mol. The van der Waals surface area contributed by atoms with Crippen molar-refractivity contribution in [2.24, 2.45) is 0 Å². The summed E-state index contributed by atoms with van der Waals surface area (Å²) in [5, 5.41) is 0. The number of benzene rings is 2. The highest BCUT2D eigenvalue weighted by atomic mass is 32.2. The van der Waals surface area contributed by atoms with Gasteiger partial charge in [-0.1, -0.05) is 37.1 Å². The van der Waals surface area contributed by atoms with Crippen molar-refractivity contribution in [1.29, 1.82) is 0 Å². The van der Waals surface area contributed by atoms with Crippen molar-refractivity contribution in [3.63, 3.8) is 0 Å². The van der Waals surface area contributed by atoms with Crippen molar-refractivity contribution in [2.45, 2.75) is 56.1 Å². The van der Waals surface area contributed by atoms with Gasteiger partial charge in [0.25, 0.3) is 5.91 Å². The van der Waals surface area contributed by atoms with Crippen LogP contribution >= 0.6 is 0 Å². The van der Waals surface area contributed by atoms with Crippen LogP contribution in [0.5, 0.6) is 0 Å². The molecule has 0 saturated heterocycles. The van der Waals surface area contributed by atoms with E-state index >= 15 is 0 Å². The largest absolute Gasteiger partial charge is 0.454 e. The van der Waals surface area contributed by atoms with E-state index in [0.29, 0.717) is 25.1 Å². The van der Waals surface area contributed by atoms with Gasteiger partial charge in [-0.3, -0.25) is 9.59 Å². The number of ether oxygens (including phenoxy) is 1. The number of amides is 1. The second kappa shape index (κ2) is 9.22. The molecule has 3 rings (SSSR count). The van der Waals surface area contributed by atoms with Crippen LogP contribution in [0.15, 0.2) is 53.4 Å². The smallest absolute Gasteiger partial charge is 0.328 e. The predicted octanol–water partition coefficient (Wildman–Crippen LogP) is 3.99. The third-order valence-electron chi connectivity index (χ3n) is 6.10. The van der Waals surface area contributed by atoms with Gasteiger partial charge in [0, 0.05) is 12.2 Å². The molecule has 6 nitrogen and oxygen atoms in total. The van der Waals surface area contributed by atoms with Crippen LogP contribution in [-0.4, -0.2) is 38.2 Å². The number of likely N-dealkylation sites (N-methyl/N-ethyl adjacent to an activating group) is 1. The molecule has 2 aromatic rings. The first kappa shape index (κ1) is 23.0. The number of carbonyl (C=O) groups excluding carboxylic acids is 2. The summed E-state index contributed by atoms with van der Waals surface area (Å²) in [6.45, 7) is 5.49. The Morgan fingerprint density at radius 3 is 2.23 bits per heavy atom. The number of sulfone groups is 1. The molecule has 0 bridgehead atoms. The van der Waals surface area contributed by atoms with E-state index in [1.807, 2.05) is 39.0 Å². The summed E-state index contributed by atoms with van der Waals surface area (Å²) >= 11 is 0. The molecule has 0 aliphatic heterocycles. The maximum absolute atomic E-state index is 13.5. The van der Waals surface area contributed by atoms with E-state index in [1.54, 1.807) is 30.3 Å². The van der Waals surface area contributed by atoms with Crippen LogP contribution in [0.3, 0.4) is 0 Å². The molecule has 7 heteroatoms. The first-order valence-corrected chi connectivity index (χ1v) is 12.1. The molecule has 0 radical (unpaired) electrons. The van der Waals surface area contributed by atoms with Crippen molar-refractivity contribution in [3.05, 3.63) is 59.7 Å². The van der Waals surface area contributed by atoms with Crippen LogP contribution in [0.4, 0.5) is 5.69 Å². The molecular formula is C24H29NO5S. The minimum Gasteiger partial charge on any atom is -0.454 e. The number of hydrogen-bond acceptors (Lipinski definition) is 5. The van der Waals surface area contributed by atoms with Gasteiger partial charge < -0.3 is 9.64 Å². The Morgan fingerprint density at radius 2 is 1.65 bits per heavy atom. The van der Waals surface area contributed by atoms with Gasteiger partial charge in [-0.05, 0) is 69.0 Å². The molecule has 0 aromatic heterocycles. The lowest BCUT2D eigenvalue weighted by Gasteiger charge is -2.27. The fourth-order valence-corrected chi connectivity index (χ4v) is 6.22. The number of carbonyl (C=O) groups is 2. The van der Waals surface area contributed by atoms with Crippen molar-refractivity contribution < 1.29 is 22.7 Å². The molecule has 1 saturated carbocycles. The third-order valence-corrected chi connectivity index (χ3v) is 8.58. The molecule has 1 aliphatic carbocycles. The van der Waals surface area contributed by atoms with Gasteiger partial charge in [-0.15, -0.1) is 0 Å². The quantitative estimate of drug-likeness (QED) is 0.605. The Balaban J connectivity index is 1.82. The first-order chi connectivity index (χ1) is 14.7. The molecule has 0 N–H and O–H groups in total. The number of anilines is 1. The molecule has 166 valence electrons. The summed E-state index contributed by atoms with van der Waals surface area (Å²) in [5.74, 6) is -1.22. The Bertz CT molecular complexity index is 1060. The van der Waals surface area contributed by atoms with E-state index in [1.165, 1.54) is 4.90 Å². The fourth-order valence-electron chi connectivity index (χ4n) is 4.08. The Hall–Kier alpha value is -2.67. The zero-order chi connectivity index (χ0) is 22.6. The van der Waals surface area contributed by atoms with Crippen molar-refractivity contribution in [1.82, 2.24) is 0 Å². The van der Waals surface area contributed by atoms with Crippen molar-refractivity contribution in [3.8, 4) is 0 Å². The Kier molecular flexibility index (Phi) is 6.84. The zero-order valence-electron chi connectivity index (χ0n) is 18.3. The van der Waals surface area contributed by atoms with Gasteiger partial charge >= 0.3 is 5.97 Å². The molecule has 0 atom stereocenters. The van der Waals surface area contributed by atoms with Gasteiger partial charge in [0.2, 0.25) is 0 Å². The number of hydrogen-bond donors (Lipinski definition) is 0. The van der Waals surface area contributed by atoms with Crippen LogP contribution < -0.4 is 4.90 Å². The van der Waals surface area contributed by atoms with Gasteiger partial charge in [0.15, 0.2) is 21.2 Å². The fraction of sp³-hybridized carbons (Fsp3) is 0.417. The highest BCUT2D eigenvalue weighted by Crippen LogP contribution is 2.42. The standard InChI is InChI=1S/C24H29NO5S/c1-4-25(20-10-6-5-7-11-20)22(26)17-30-23(27)24(14-8-9-15-24)31(28,29)21-13-12-18(2)19(3)16-21/h5-7,10-13,16H,4,8-9,14-15,17H2,1-3H3. The number of aryl methyl sites for hydroxylation is 2. The molecule has 2 aromatic carbocycles. The Labute approximate surface area is 184 Å². The minimum absolute atomic E-state index is 0.125. The van der Waals surface area contributed by atoms with Gasteiger partial charge in [0.05, 0.1) is 4.90 Å². The number of esters is 1. The van der Waals surface area contributed by atoms with Gasteiger partial charge in [0.1, 0.15) is 0 Å². The second-order valence-electron chi connectivity index (χ2n) is 8.00. The molecule has 1 fully saturated rings. The van der Waals surface area contributed by atoms with E-state index in [2.05, 4.69) is 0 Å². The lowest BCUT2D eigenvalue weighted by atomic mass is 10.1. The average Bonchev–Trinajstić information content (AvgIpc) is 3.27. The molecule has 1 amide bonds. The second-order valence-corrected chi connectivity index (χ2v) is 10.3. The summed E-state index contributed by atoms with van der Waals surface area (Å²) < 4.78 is 30.8. The van der Waals surface area contributed by atoms with Crippen LogP contribution in [0.25, 0.3) is 0 Å². The summed E-state index contributed by atoms with van der Waals surface area (Å²) in [6.07, 6.45) is 1.65. The summed E-state index contributed by atoms with van der Waals surface area (Å²) in [7, 11) is -3.96. The number of nitrogens with zero attached hydrogens (tertiary/aromatic N) is 1. The maximum atomic E-state index is 13.5. The molecule has 1 aliphatic rings. The normalized spacial score (nSPS) is 15.5. The molecular weight excluding hydrogens is 414 g/mol. The molecule has 0 heterocycles. The summed E-state index contributed by atoms with van der Waals surface area (Å²) in [5.41, 5.74) is 2.52. The minimum atomic E-state index is -3.96. The molecule has 31 heavy (non-hydrogen) atoms. The SMILES string of the molecule is CCN(C(=O)COC(=O)C1(S(=O)(=O)c2ccc(C)c(C)c2)CCCC1)c1ccccc1. The maximum Gasteiger partial charge on any atom is 0.328 e. The zero-order valence-corrected chi connectivity index (χ0v) is 19.1. The predicted molar refractivity (Wildman–Crippen MR) is 120 cm³/mol. The highest BCUT2D eigenvalue weighted by Gasteiger charge is 2.54. The van der Waals surface area contributed by atoms with Gasteiger partial charge in [-0.2, -0.15) is 0 Å². The van der Waals surface area contributed by atoms with E-state index in [-0.39, 0.29) is 17.7 Å². The van der Waals surface area contributed by atoms with E-state index in [4.69, 9.17) is 4.74 Å². The lowest BCUT2D eigenvalue weighted by molar-refractivity contribution is -0.150. The Morgan fingerprint density at radius 1 is 1.00 bits per heavy atom. The van der Waals surface area contributed by atoms with Crippen LogP contribution in [0.2, 0.25) is 0 Å². The average molecular weight is 444 g/mol. The highest BCUT2D eigenvalue weighted by molar-refractivity contribution is 7.93. The molecule has 0 unspecified atom stereocenters. The van der Waals surface area contributed by atoms with E-state index in [0.717, 1.165) is 11.1 Å². The number of para-hydroxylation sites is 1. The van der Waals surface area contributed by atoms with Gasteiger partial charge in [-0.25, -0.2) is 8.42 Å². The van der Waals surface area contributed by atoms with E-state index in [9.17, 15) is 18.0 Å². The first-order valence-electron chi connectivity index (χ1n) is 10.6. The molecule has 0 spiro atoms. The lowest BCUT2D eigenvalue weighted by Crippen LogP contribution is -2.46. The third kappa shape index (κ3) is 4.37. The topological polar surface area (TPSA) is 80.8 Å². The van der Waals surface area contributed by atoms with Crippen LogP contribution in [0, 0.1) is 13.8 Å². The summed E-state index contributed by atoms with van der Waals surface area (Å²) in [6, 6.07) is 14.0. The van der Waals surface area contributed by atoms with Crippen molar-refractivity contribution >= 4 is 27.4 Å². The van der Waals surface area contributed by atoms with Crippen molar-refractivity contribution in [2.75, 3.05) is 18.1 Å². The van der Waals surface area contributed by atoms with Crippen LogP contribution in [-0.2, 0) is 24.2 Å².